The Balaban J connectivity index is 3.23. The highest BCUT2D eigenvalue weighted by atomic mass is 19.4. The maximum absolute atomic E-state index is 12.6. The molecule has 0 aliphatic heterocycles. The SMILES string of the molecule is [C-]#[N+]c1ccc(OC(C)C)c(C(F)(F)F)c1. The Labute approximate surface area is 91.5 Å². The molecule has 0 unspecified atom stereocenters. The van der Waals surface area contributed by atoms with Crippen LogP contribution in [0.2, 0.25) is 0 Å². The minimum Gasteiger partial charge on any atom is -0.490 e. The molecule has 0 fully saturated rings. The zero-order chi connectivity index (χ0) is 12.3. The predicted octanol–water partition coefficient (Wildman–Crippen LogP) is 4.04. The third kappa shape index (κ3) is 2.89. The van der Waals surface area contributed by atoms with Gasteiger partial charge in [0.1, 0.15) is 5.75 Å². The van der Waals surface area contributed by atoms with Crippen molar-refractivity contribution in [1.29, 1.82) is 0 Å². The number of hydrogen-bond acceptors (Lipinski definition) is 1. The van der Waals surface area contributed by atoms with Gasteiger partial charge in [0.05, 0.1) is 18.2 Å². The van der Waals surface area contributed by atoms with Crippen LogP contribution in [-0.4, -0.2) is 6.10 Å². The third-order valence-corrected chi connectivity index (χ3v) is 1.76. The standard InChI is InChI=1S/C11H10F3NO/c1-7(2)16-10-5-4-8(15-3)6-9(10)11(12,13)14/h4-7H,1-2H3. The van der Waals surface area contributed by atoms with Gasteiger partial charge in [0.2, 0.25) is 0 Å². The van der Waals surface area contributed by atoms with Gasteiger partial charge in [0.15, 0.2) is 5.69 Å². The highest BCUT2D eigenvalue weighted by Crippen LogP contribution is 2.38. The summed E-state index contributed by atoms with van der Waals surface area (Å²) in [7, 11) is 0. The molecule has 0 amide bonds. The summed E-state index contributed by atoms with van der Waals surface area (Å²) in [5, 5.41) is 0. The summed E-state index contributed by atoms with van der Waals surface area (Å²) in [6, 6.07) is 3.28. The van der Waals surface area contributed by atoms with Gasteiger partial charge in [-0.05, 0) is 26.0 Å². The Morgan fingerprint density at radius 1 is 1.31 bits per heavy atom. The number of rotatable bonds is 2. The van der Waals surface area contributed by atoms with Crippen LogP contribution in [0.4, 0.5) is 18.9 Å². The van der Waals surface area contributed by atoms with Crippen LogP contribution in [0.5, 0.6) is 5.75 Å². The Morgan fingerprint density at radius 3 is 2.38 bits per heavy atom. The van der Waals surface area contributed by atoms with Crippen LogP contribution in [0.15, 0.2) is 18.2 Å². The lowest BCUT2D eigenvalue weighted by Crippen LogP contribution is -2.12. The molecule has 0 aliphatic rings. The Morgan fingerprint density at radius 2 is 1.94 bits per heavy atom. The molecule has 0 aromatic heterocycles. The molecule has 16 heavy (non-hydrogen) atoms. The van der Waals surface area contributed by atoms with Gasteiger partial charge in [-0.1, -0.05) is 6.07 Å². The first kappa shape index (κ1) is 12.4. The van der Waals surface area contributed by atoms with E-state index in [0.717, 1.165) is 6.07 Å². The van der Waals surface area contributed by atoms with Crippen LogP contribution < -0.4 is 4.74 Å². The average molecular weight is 229 g/mol. The van der Waals surface area contributed by atoms with Crippen molar-refractivity contribution < 1.29 is 17.9 Å². The largest absolute Gasteiger partial charge is 0.490 e. The number of benzene rings is 1. The van der Waals surface area contributed by atoms with Crippen molar-refractivity contribution in [2.45, 2.75) is 26.1 Å². The van der Waals surface area contributed by atoms with Crippen molar-refractivity contribution in [3.05, 3.63) is 35.2 Å². The van der Waals surface area contributed by atoms with Crippen molar-refractivity contribution in [3.63, 3.8) is 0 Å². The van der Waals surface area contributed by atoms with Crippen LogP contribution in [0.25, 0.3) is 4.85 Å². The van der Waals surface area contributed by atoms with Gasteiger partial charge in [-0.15, -0.1) is 0 Å². The maximum atomic E-state index is 12.6. The van der Waals surface area contributed by atoms with E-state index in [0.29, 0.717) is 0 Å². The lowest BCUT2D eigenvalue weighted by atomic mass is 10.1. The molecule has 0 aliphatic carbocycles. The number of ether oxygens (including phenoxy) is 1. The number of hydrogen-bond donors (Lipinski definition) is 0. The molecule has 2 nitrogen and oxygen atoms in total. The lowest BCUT2D eigenvalue weighted by Gasteiger charge is -2.16. The van der Waals surface area contributed by atoms with Crippen molar-refractivity contribution in [1.82, 2.24) is 0 Å². The van der Waals surface area contributed by atoms with Gasteiger partial charge in [-0.25, -0.2) is 4.85 Å². The Bertz CT molecular complexity index is 418. The van der Waals surface area contributed by atoms with Gasteiger partial charge < -0.3 is 4.74 Å². The molecule has 86 valence electrons. The molecule has 5 heteroatoms. The number of alkyl halides is 3. The molecule has 0 heterocycles. The fourth-order valence-electron chi connectivity index (χ4n) is 1.17. The molecular weight excluding hydrogens is 219 g/mol. The van der Waals surface area contributed by atoms with E-state index in [1.807, 2.05) is 0 Å². The van der Waals surface area contributed by atoms with E-state index in [9.17, 15) is 13.2 Å². The summed E-state index contributed by atoms with van der Waals surface area (Å²) in [6.07, 6.45) is -4.86. The summed E-state index contributed by atoms with van der Waals surface area (Å²) < 4.78 is 42.9. The topological polar surface area (TPSA) is 13.6 Å². The minimum absolute atomic E-state index is 0.0524. The van der Waals surface area contributed by atoms with Gasteiger partial charge in [-0.2, -0.15) is 13.2 Å². The van der Waals surface area contributed by atoms with E-state index in [-0.39, 0.29) is 17.5 Å². The maximum Gasteiger partial charge on any atom is 0.418 e. The molecule has 0 N–H and O–H groups in total. The lowest BCUT2D eigenvalue weighted by molar-refractivity contribution is -0.139. The van der Waals surface area contributed by atoms with E-state index in [2.05, 4.69) is 4.85 Å². The zero-order valence-corrected chi connectivity index (χ0v) is 8.80. The van der Waals surface area contributed by atoms with Crippen LogP contribution >= 0.6 is 0 Å². The molecule has 0 saturated carbocycles. The van der Waals surface area contributed by atoms with Crippen molar-refractivity contribution in [3.8, 4) is 5.75 Å². The van der Waals surface area contributed by atoms with E-state index in [1.165, 1.54) is 12.1 Å². The average Bonchev–Trinajstić information content (AvgIpc) is 2.15. The van der Waals surface area contributed by atoms with Crippen LogP contribution in [-0.2, 0) is 6.18 Å². The Hall–Kier alpha value is -1.70. The highest BCUT2D eigenvalue weighted by molar-refractivity contribution is 5.52. The smallest absolute Gasteiger partial charge is 0.418 e. The van der Waals surface area contributed by atoms with Gasteiger partial charge >= 0.3 is 6.18 Å². The van der Waals surface area contributed by atoms with Crippen LogP contribution in [0.3, 0.4) is 0 Å². The first-order chi connectivity index (χ1) is 7.34. The van der Waals surface area contributed by atoms with E-state index < -0.39 is 11.7 Å². The van der Waals surface area contributed by atoms with Crippen LogP contribution in [0.1, 0.15) is 19.4 Å². The molecule has 0 spiro atoms. The second-order valence-electron chi connectivity index (χ2n) is 3.46. The van der Waals surface area contributed by atoms with Crippen molar-refractivity contribution >= 4 is 5.69 Å². The normalized spacial score (nSPS) is 11.3. The number of halogens is 3. The van der Waals surface area contributed by atoms with Crippen LogP contribution in [0, 0.1) is 6.57 Å². The van der Waals surface area contributed by atoms with Gasteiger partial charge in [-0.3, -0.25) is 0 Å². The van der Waals surface area contributed by atoms with E-state index >= 15 is 0 Å². The molecule has 1 aromatic rings. The van der Waals surface area contributed by atoms with E-state index in [1.54, 1.807) is 13.8 Å². The fourth-order valence-corrected chi connectivity index (χ4v) is 1.17. The van der Waals surface area contributed by atoms with E-state index in [4.69, 9.17) is 11.3 Å². The summed E-state index contributed by atoms with van der Waals surface area (Å²) in [6.45, 7) is 9.96. The highest BCUT2D eigenvalue weighted by Gasteiger charge is 2.34. The number of nitrogens with zero attached hydrogens (tertiary/aromatic N) is 1. The summed E-state index contributed by atoms with van der Waals surface area (Å²) in [5.41, 5.74) is -0.960. The third-order valence-electron chi connectivity index (χ3n) is 1.76. The predicted molar refractivity (Wildman–Crippen MR) is 53.5 cm³/mol. The second kappa shape index (κ2) is 4.44. The van der Waals surface area contributed by atoms with Gasteiger partial charge in [0, 0.05) is 0 Å². The fraction of sp³-hybridized carbons (Fsp3) is 0.364. The van der Waals surface area contributed by atoms with Gasteiger partial charge in [0.25, 0.3) is 0 Å². The quantitative estimate of drug-likeness (QED) is 0.697. The minimum atomic E-state index is -4.51. The van der Waals surface area contributed by atoms with Crippen molar-refractivity contribution in [2.24, 2.45) is 0 Å². The summed E-state index contributed by atoms with van der Waals surface area (Å²) in [5.74, 6) is -0.241. The zero-order valence-electron chi connectivity index (χ0n) is 8.80. The molecule has 0 atom stereocenters. The Kier molecular flexibility index (Phi) is 3.43. The first-order valence-corrected chi connectivity index (χ1v) is 4.60. The molecule has 1 aromatic carbocycles. The molecular formula is C11H10F3NO. The first-order valence-electron chi connectivity index (χ1n) is 4.60. The summed E-state index contributed by atoms with van der Waals surface area (Å²) in [4.78, 5) is 2.96. The van der Waals surface area contributed by atoms with Crippen molar-refractivity contribution in [2.75, 3.05) is 0 Å². The molecule has 0 radical (unpaired) electrons. The molecule has 1 rings (SSSR count). The monoisotopic (exact) mass is 229 g/mol. The second-order valence-corrected chi connectivity index (χ2v) is 3.46. The summed E-state index contributed by atoms with van der Waals surface area (Å²) >= 11 is 0. The molecule has 0 bridgehead atoms. The molecule has 0 saturated heterocycles.